The van der Waals surface area contributed by atoms with Crippen LogP contribution in [-0.4, -0.2) is 100 Å². The van der Waals surface area contributed by atoms with Crippen molar-refractivity contribution >= 4 is 74.4 Å². The van der Waals surface area contributed by atoms with Gasteiger partial charge in [0.1, 0.15) is 22.5 Å². The summed E-state index contributed by atoms with van der Waals surface area (Å²) in [6, 6.07) is 10.0. The number of Topliss-reactive ketones (excluding diaryl/α,β-unsaturated/α-hetero) is 1. The second-order valence-corrected chi connectivity index (χ2v) is 15.2. The number of methoxy groups -OCH3 is 1. The lowest BCUT2D eigenvalue weighted by atomic mass is 9.89. The van der Waals surface area contributed by atoms with Gasteiger partial charge in [-0.1, -0.05) is 44.7 Å². The number of H-pyrrole nitrogens is 2. The molecule has 18 heteroatoms. The van der Waals surface area contributed by atoms with E-state index in [0.29, 0.717) is 16.3 Å². The zero-order valence-electron chi connectivity index (χ0n) is 34.9. The molecule has 1 aliphatic heterocycles. The Labute approximate surface area is 356 Å². The largest absolute Gasteiger partial charge is 0.496 e. The fraction of sp³-hybridized carbons (Fsp3) is 0.349. The van der Waals surface area contributed by atoms with E-state index in [9.17, 15) is 33.6 Å². The monoisotopic (exact) mass is 853 g/mol. The lowest BCUT2D eigenvalue weighted by Gasteiger charge is -2.22. The molecule has 6 rings (SSSR count). The number of aromatic amines is 2. The lowest BCUT2D eigenvalue weighted by Crippen LogP contribution is -2.50. The van der Waals surface area contributed by atoms with E-state index in [1.165, 1.54) is 26.5 Å². The van der Waals surface area contributed by atoms with Gasteiger partial charge >= 0.3 is 0 Å². The van der Waals surface area contributed by atoms with E-state index in [2.05, 4.69) is 48.1 Å². The summed E-state index contributed by atoms with van der Waals surface area (Å²) in [5, 5.41) is 16.5. The average molecular weight is 854 g/mol. The van der Waals surface area contributed by atoms with E-state index < -0.39 is 78.4 Å². The van der Waals surface area contributed by atoms with Crippen molar-refractivity contribution in [3.63, 3.8) is 0 Å². The number of thiazole rings is 1. The quantitative estimate of drug-likeness (QED) is 0.128. The van der Waals surface area contributed by atoms with Crippen LogP contribution in [0.3, 0.4) is 0 Å². The minimum Gasteiger partial charge on any atom is -0.496 e. The number of hydrogen-bond acceptors (Lipinski definition) is 10. The van der Waals surface area contributed by atoms with Gasteiger partial charge in [-0.3, -0.25) is 33.6 Å². The first-order valence-corrected chi connectivity index (χ1v) is 20.7. The third-order valence-electron chi connectivity index (χ3n) is 10.0. The number of amides is 6. The molecule has 1 unspecified atom stereocenters. The fourth-order valence-corrected chi connectivity index (χ4v) is 7.70. The first-order valence-electron chi connectivity index (χ1n) is 19.8. The van der Waals surface area contributed by atoms with Crippen LogP contribution in [0.2, 0.25) is 0 Å². The summed E-state index contributed by atoms with van der Waals surface area (Å²) in [6.07, 6.45) is 3.29. The maximum absolute atomic E-state index is 14.5. The molecule has 0 saturated heterocycles. The normalized spacial score (nSPS) is 20.5. The maximum atomic E-state index is 14.5. The van der Waals surface area contributed by atoms with Crippen LogP contribution >= 0.6 is 11.3 Å². The van der Waals surface area contributed by atoms with Crippen molar-refractivity contribution in [3.05, 3.63) is 94.3 Å². The standard InChI is InChI=1S/C41H45N9O8S.C2H6/c1-21-37(54)47-23(3)41(57)50(4)19-35(53)46-22(2)40-49-31(20-59-40)39(56)48-30(14-25-16-42-28-10-7-6-9-27(25)28)32(51)15-24(38(55)44-18-34(52)45-21)13-26-17-43-29-11-8-12-33(58-5)36(26)29;1-2/h6-12,16-17,20-22,24,30,42-43H,3,13-15,18-19H2,1-2,4-5H3,(H,44,55)(H,45,52)(H,46,53)(H,47,54)(H,48,56);1-2H3/t21?,22-,24-,30+;/m1./s1. The molecule has 6 amide bonds. The van der Waals surface area contributed by atoms with Gasteiger partial charge in [0.15, 0.2) is 5.78 Å². The van der Waals surface area contributed by atoms with Crippen molar-refractivity contribution in [2.24, 2.45) is 5.92 Å². The molecule has 0 aliphatic carbocycles. The molecule has 4 heterocycles. The summed E-state index contributed by atoms with van der Waals surface area (Å²) < 4.78 is 5.61. The first-order chi connectivity index (χ1) is 29.2. The van der Waals surface area contributed by atoms with Crippen molar-refractivity contribution in [3.8, 4) is 5.75 Å². The Morgan fingerprint density at radius 1 is 0.836 bits per heavy atom. The number of carbonyl (C=O) groups excluding carboxylic acids is 7. The highest BCUT2D eigenvalue weighted by atomic mass is 32.1. The molecule has 3 aromatic heterocycles. The van der Waals surface area contributed by atoms with Crippen molar-refractivity contribution in [2.75, 3.05) is 27.2 Å². The Hall–Kier alpha value is -6.82. The molecule has 0 spiro atoms. The van der Waals surface area contributed by atoms with Gasteiger partial charge in [-0.15, -0.1) is 11.3 Å². The zero-order chi connectivity index (χ0) is 44.4. The van der Waals surface area contributed by atoms with Crippen LogP contribution in [0.15, 0.2) is 72.5 Å². The van der Waals surface area contributed by atoms with Crippen LogP contribution in [0.1, 0.15) is 66.8 Å². The Kier molecular flexibility index (Phi) is 15.2. The third kappa shape index (κ3) is 11.1. The molecular weight excluding hydrogens is 803 g/mol. The molecule has 322 valence electrons. The molecule has 17 nitrogen and oxygen atoms in total. The number of ketones is 1. The number of likely N-dealkylation sites (N-methyl/N-ethyl adjacent to an activating group) is 1. The van der Waals surface area contributed by atoms with Crippen molar-refractivity contribution in [1.29, 1.82) is 0 Å². The van der Waals surface area contributed by atoms with Crippen LogP contribution in [0.4, 0.5) is 0 Å². The minimum atomic E-state index is -1.16. The highest BCUT2D eigenvalue weighted by Crippen LogP contribution is 2.31. The van der Waals surface area contributed by atoms with Gasteiger partial charge < -0.3 is 46.2 Å². The Bertz CT molecular complexity index is 2450. The Morgan fingerprint density at radius 3 is 2.28 bits per heavy atom. The van der Waals surface area contributed by atoms with Gasteiger partial charge in [-0.2, -0.15) is 0 Å². The maximum Gasteiger partial charge on any atom is 0.271 e. The van der Waals surface area contributed by atoms with E-state index in [1.807, 2.05) is 50.2 Å². The molecule has 5 aromatic rings. The Morgan fingerprint density at radius 2 is 1.52 bits per heavy atom. The molecule has 0 saturated carbocycles. The highest BCUT2D eigenvalue weighted by molar-refractivity contribution is 7.09. The number of benzene rings is 2. The van der Waals surface area contributed by atoms with Crippen molar-refractivity contribution in [2.45, 2.75) is 65.1 Å². The van der Waals surface area contributed by atoms with Gasteiger partial charge in [-0.25, -0.2) is 4.98 Å². The molecule has 1 aliphatic rings. The van der Waals surface area contributed by atoms with Gasteiger partial charge in [0.05, 0.1) is 38.0 Å². The number of fused-ring (bicyclic) bond motifs is 4. The average Bonchev–Trinajstić information content (AvgIpc) is 4.02. The summed E-state index contributed by atoms with van der Waals surface area (Å²) in [5.41, 5.74) is 2.70. The smallest absolute Gasteiger partial charge is 0.271 e. The number of rotatable bonds is 5. The summed E-state index contributed by atoms with van der Waals surface area (Å²) in [6.45, 7) is 9.72. The first kappa shape index (κ1) is 45.3. The van der Waals surface area contributed by atoms with E-state index in [1.54, 1.807) is 25.4 Å². The van der Waals surface area contributed by atoms with Gasteiger partial charge in [0.2, 0.25) is 23.6 Å². The topological polar surface area (TPSA) is 237 Å². The second-order valence-electron chi connectivity index (χ2n) is 14.4. The van der Waals surface area contributed by atoms with Crippen LogP contribution < -0.4 is 31.3 Å². The van der Waals surface area contributed by atoms with E-state index in [0.717, 1.165) is 43.6 Å². The lowest BCUT2D eigenvalue weighted by molar-refractivity contribution is -0.134. The van der Waals surface area contributed by atoms with Crippen LogP contribution in [-0.2, 0) is 41.6 Å². The predicted molar refractivity (Wildman–Crippen MR) is 230 cm³/mol. The number of ether oxygens (including phenoxy) is 1. The number of aromatic nitrogens is 3. The SMILES string of the molecule is C=C1NC(=O)C(C)NC(=O)CNC(=O)[C@H](Cc2c[nH]c3cccc(OC)c23)CC(=O)[C@H](Cc2c[nH]c3ccccc23)NC(=O)c2csc(n2)[C@@H](C)NC(=O)CN(C)C1=O.CC. The molecule has 4 atom stereocenters. The second kappa shape index (κ2) is 20.4. The summed E-state index contributed by atoms with van der Waals surface area (Å²) >= 11 is 1.12. The molecular formula is C43H51N9O8S. The molecule has 7 N–H and O–H groups in total. The summed E-state index contributed by atoms with van der Waals surface area (Å²) in [7, 11) is 2.88. The van der Waals surface area contributed by atoms with Crippen LogP contribution in [0, 0.1) is 5.92 Å². The zero-order valence-corrected chi connectivity index (χ0v) is 35.7. The summed E-state index contributed by atoms with van der Waals surface area (Å²) in [5.74, 6) is -4.96. The van der Waals surface area contributed by atoms with Gasteiger partial charge in [0.25, 0.3) is 11.8 Å². The molecule has 2 bridgehead atoms. The number of nitrogens with one attached hydrogen (secondary N) is 7. The Balaban J connectivity index is 0.00000347. The molecule has 61 heavy (non-hydrogen) atoms. The number of nitrogens with zero attached hydrogens (tertiary/aromatic N) is 2. The molecule has 0 radical (unpaired) electrons. The fourth-order valence-electron chi connectivity index (χ4n) is 6.89. The predicted octanol–water partition coefficient (Wildman–Crippen LogP) is 3.20. The van der Waals surface area contributed by atoms with Crippen LogP contribution in [0.25, 0.3) is 21.8 Å². The van der Waals surface area contributed by atoms with Crippen molar-refractivity contribution < 1.29 is 38.3 Å². The summed E-state index contributed by atoms with van der Waals surface area (Å²) in [4.78, 5) is 106. The molecule has 2 aromatic carbocycles. The minimum absolute atomic E-state index is 0.0111. The van der Waals surface area contributed by atoms with E-state index >= 15 is 0 Å². The number of hydrogen-bond donors (Lipinski definition) is 7. The van der Waals surface area contributed by atoms with Gasteiger partial charge in [0, 0.05) is 65.4 Å². The number of para-hydroxylation sites is 1. The van der Waals surface area contributed by atoms with Crippen molar-refractivity contribution in [1.82, 2.24) is 46.4 Å². The van der Waals surface area contributed by atoms with Gasteiger partial charge in [-0.05, 0) is 49.6 Å². The van der Waals surface area contributed by atoms with E-state index in [-0.39, 0.29) is 30.7 Å². The van der Waals surface area contributed by atoms with E-state index in [4.69, 9.17) is 4.74 Å². The number of carbonyl (C=O) groups is 7. The molecule has 0 fully saturated rings. The highest BCUT2D eigenvalue weighted by Gasteiger charge is 2.31. The van der Waals surface area contributed by atoms with Crippen LogP contribution in [0.5, 0.6) is 5.75 Å². The third-order valence-corrected chi connectivity index (χ3v) is 11.0.